The Balaban J connectivity index is 0.00000108. The lowest BCUT2D eigenvalue weighted by molar-refractivity contribution is -0.0169. The second kappa shape index (κ2) is 5.21. The molecule has 1 aliphatic rings. The van der Waals surface area contributed by atoms with Crippen LogP contribution in [-0.2, 0) is 17.8 Å². The molecule has 0 radical (unpaired) electrons. The first kappa shape index (κ1) is 12.0. The molecule has 0 aliphatic carbocycles. The molecular weight excluding hydrogens is 240 g/mol. The van der Waals surface area contributed by atoms with Crippen LogP contribution in [0, 0.1) is 0 Å². The molecule has 17 heavy (non-hydrogen) atoms. The molecule has 0 spiro atoms. The van der Waals surface area contributed by atoms with E-state index in [1.807, 2.05) is 18.3 Å². The van der Waals surface area contributed by atoms with E-state index in [2.05, 4.69) is 16.0 Å². The number of benzene rings is 1. The van der Waals surface area contributed by atoms with Crippen molar-refractivity contribution < 1.29 is 9.47 Å². The number of aromatic nitrogens is 2. The molecule has 0 fully saturated rings. The lowest BCUT2D eigenvalue weighted by atomic mass is 10.0. The maximum atomic E-state index is 5.54. The molecule has 3 rings (SSSR count). The second-order valence-electron chi connectivity index (χ2n) is 3.75. The van der Waals surface area contributed by atoms with Crippen molar-refractivity contribution in [3.63, 3.8) is 0 Å². The Morgan fingerprint density at radius 1 is 1.35 bits per heavy atom. The van der Waals surface area contributed by atoms with Crippen LogP contribution in [0.5, 0.6) is 5.75 Å². The maximum Gasteiger partial charge on any atom is 0.189 e. The number of H-pyrrole nitrogens is 1. The summed E-state index contributed by atoms with van der Waals surface area (Å²) in [6.07, 6.45) is 4.38. The van der Waals surface area contributed by atoms with Gasteiger partial charge >= 0.3 is 0 Å². The van der Waals surface area contributed by atoms with E-state index in [4.69, 9.17) is 9.47 Å². The van der Waals surface area contributed by atoms with Crippen molar-refractivity contribution >= 4 is 12.4 Å². The van der Waals surface area contributed by atoms with Gasteiger partial charge < -0.3 is 14.5 Å². The lowest BCUT2D eigenvalue weighted by Crippen LogP contribution is -2.13. The second-order valence-corrected chi connectivity index (χ2v) is 3.75. The van der Waals surface area contributed by atoms with Crippen LogP contribution in [0.2, 0.25) is 0 Å². The first-order valence-corrected chi connectivity index (χ1v) is 5.22. The van der Waals surface area contributed by atoms with Gasteiger partial charge in [0.25, 0.3) is 0 Å². The van der Waals surface area contributed by atoms with Gasteiger partial charge in [0.15, 0.2) is 6.79 Å². The minimum Gasteiger partial charge on any atom is -0.467 e. The molecule has 1 aromatic carbocycles. The highest BCUT2D eigenvalue weighted by molar-refractivity contribution is 5.85. The van der Waals surface area contributed by atoms with Gasteiger partial charge in [-0.05, 0) is 0 Å². The van der Waals surface area contributed by atoms with Crippen LogP contribution in [0.15, 0.2) is 30.7 Å². The standard InChI is InChI=1S/C12H12N2O2.ClH/c1-2-9(4-11-5-13-7-14-11)12-10(3-1)6-15-8-16-12;/h1-3,5,7H,4,6,8H2,(H,13,14);1H. The number of nitrogens with one attached hydrogen (secondary N) is 1. The summed E-state index contributed by atoms with van der Waals surface area (Å²) in [5.41, 5.74) is 3.29. The third-order valence-electron chi connectivity index (χ3n) is 2.65. The van der Waals surface area contributed by atoms with Gasteiger partial charge in [-0.1, -0.05) is 18.2 Å². The third kappa shape index (κ3) is 2.43. The number of para-hydroxylation sites is 1. The molecule has 0 atom stereocenters. The Bertz CT molecular complexity index is 485. The largest absolute Gasteiger partial charge is 0.467 e. The van der Waals surface area contributed by atoms with E-state index >= 15 is 0 Å². The average Bonchev–Trinajstić information content (AvgIpc) is 2.82. The summed E-state index contributed by atoms with van der Waals surface area (Å²) in [5, 5.41) is 0. The van der Waals surface area contributed by atoms with E-state index in [1.165, 1.54) is 0 Å². The SMILES string of the molecule is Cl.c1cc2c(c(Cc3c[nH]cn3)c1)OCOC2. The molecule has 0 bridgehead atoms. The highest BCUT2D eigenvalue weighted by Crippen LogP contribution is 2.29. The van der Waals surface area contributed by atoms with Gasteiger partial charge in [-0.2, -0.15) is 0 Å². The van der Waals surface area contributed by atoms with Gasteiger partial charge in [0, 0.05) is 23.7 Å². The molecule has 0 unspecified atom stereocenters. The van der Waals surface area contributed by atoms with E-state index < -0.39 is 0 Å². The molecule has 2 aromatic rings. The van der Waals surface area contributed by atoms with Gasteiger partial charge in [0.2, 0.25) is 0 Å². The number of rotatable bonds is 2. The van der Waals surface area contributed by atoms with Crippen LogP contribution in [0.3, 0.4) is 0 Å². The zero-order valence-corrected chi connectivity index (χ0v) is 10.00. The van der Waals surface area contributed by atoms with E-state index in [-0.39, 0.29) is 12.4 Å². The summed E-state index contributed by atoms with van der Waals surface area (Å²) >= 11 is 0. The zero-order valence-electron chi connectivity index (χ0n) is 9.18. The normalized spacial score (nSPS) is 13.4. The van der Waals surface area contributed by atoms with Crippen molar-refractivity contribution in [1.29, 1.82) is 0 Å². The van der Waals surface area contributed by atoms with Crippen molar-refractivity contribution in [3.05, 3.63) is 47.5 Å². The number of fused-ring (bicyclic) bond motifs is 1. The number of nitrogens with zero attached hydrogens (tertiary/aromatic N) is 1. The summed E-state index contributed by atoms with van der Waals surface area (Å²) in [4.78, 5) is 7.17. The minimum absolute atomic E-state index is 0. The van der Waals surface area contributed by atoms with E-state index in [0.29, 0.717) is 13.4 Å². The summed E-state index contributed by atoms with van der Waals surface area (Å²) in [6.45, 7) is 0.967. The van der Waals surface area contributed by atoms with Gasteiger partial charge in [-0.3, -0.25) is 0 Å². The number of aromatic amines is 1. The summed E-state index contributed by atoms with van der Waals surface area (Å²) in [6, 6.07) is 6.13. The van der Waals surface area contributed by atoms with E-state index in [9.17, 15) is 0 Å². The first-order chi connectivity index (χ1) is 7.93. The molecule has 1 aromatic heterocycles. The summed E-state index contributed by atoms with van der Waals surface area (Å²) in [7, 11) is 0. The Labute approximate surface area is 105 Å². The molecule has 90 valence electrons. The number of halogens is 1. The van der Waals surface area contributed by atoms with Gasteiger partial charge in [0.05, 0.1) is 18.6 Å². The number of imidazole rings is 1. The number of hydrogen-bond acceptors (Lipinski definition) is 3. The Hall–Kier alpha value is -1.52. The van der Waals surface area contributed by atoms with E-state index in [0.717, 1.165) is 29.0 Å². The van der Waals surface area contributed by atoms with Crippen molar-refractivity contribution in [2.45, 2.75) is 13.0 Å². The molecule has 4 nitrogen and oxygen atoms in total. The predicted molar refractivity (Wildman–Crippen MR) is 65.4 cm³/mol. The highest BCUT2D eigenvalue weighted by atomic mass is 35.5. The van der Waals surface area contributed by atoms with Crippen LogP contribution < -0.4 is 4.74 Å². The molecule has 2 heterocycles. The van der Waals surface area contributed by atoms with Crippen molar-refractivity contribution in [2.24, 2.45) is 0 Å². The monoisotopic (exact) mass is 252 g/mol. The Morgan fingerprint density at radius 3 is 3.12 bits per heavy atom. The zero-order chi connectivity index (χ0) is 10.8. The topological polar surface area (TPSA) is 47.1 Å². The summed E-state index contributed by atoms with van der Waals surface area (Å²) < 4.78 is 10.8. The maximum absolute atomic E-state index is 5.54. The van der Waals surface area contributed by atoms with Gasteiger partial charge in [-0.15, -0.1) is 12.4 Å². The van der Waals surface area contributed by atoms with Crippen molar-refractivity contribution in [3.8, 4) is 5.75 Å². The van der Waals surface area contributed by atoms with Crippen LogP contribution >= 0.6 is 12.4 Å². The average molecular weight is 253 g/mol. The fourth-order valence-corrected chi connectivity index (χ4v) is 1.91. The third-order valence-corrected chi connectivity index (χ3v) is 2.65. The Kier molecular flexibility index (Phi) is 3.66. The Morgan fingerprint density at radius 2 is 2.29 bits per heavy atom. The molecule has 1 aliphatic heterocycles. The fourth-order valence-electron chi connectivity index (χ4n) is 1.91. The smallest absolute Gasteiger partial charge is 0.189 e. The minimum atomic E-state index is 0. The quantitative estimate of drug-likeness (QED) is 0.892. The van der Waals surface area contributed by atoms with Gasteiger partial charge in [-0.25, -0.2) is 4.98 Å². The van der Waals surface area contributed by atoms with Crippen molar-refractivity contribution in [1.82, 2.24) is 9.97 Å². The highest BCUT2D eigenvalue weighted by Gasteiger charge is 2.14. The predicted octanol–water partition coefficient (Wildman–Crippen LogP) is 2.29. The lowest BCUT2D eigenvalue weighted by Gasteiger charge is -2.20. The molecule has 5 heteroatoms. The molecule has 0 saturated heterocycles. The van der Waals surface area contributed by atoms with Crippen molar-refractivity contribution in [2.75, 3.05) is 6.79 Å². The molecule has 0 saturated carbocycles. The fraction of sp³-hybridized carbons (Fsp3) is 0.250. The first-order valence-electron chi connectivity index (χ1n) is 5.22. The number of hydrogen-bond donors (Lipinski definition) is 1. The molecular formula is C12H13ClN2O2. The van der Waals surface area contributed by atoms with Gasteiger partial charge in [0.1, 0.15) is 5.75 Å². The number of ether oxygens (including phenoxy) is 2. The molecule has 0 amide bonds. The van der Waals surface area contributed by atoms with Crippen LogP contribution in [0.4, 0.5) is 0 Å². The van der Waals surface area contributed by atoms with E-state index in [1.54, 1.807) is 6.33 Å². The van der Waals surface area contributed by atoms with Crippen LogP contribution in [-0.4, -0.2) is 16.8 Å². The van der Waals surface area contributed by atoms with Crippen LogP contribution in [0.25, 0.3) is 0 Å². The summed E-state index contributed by atoms with van der Waals surface area (Å²) in [5.74, 6) is 0.955. The van der Waals surface area contributed by atoms with Crippen LogP contribution in [0.1, 0.15) is 16.8 Å². The molecule has 1 N–H and O–H groups in total.